The normalized spacial score (nSPS) is 10.9. The van der Waals surface area contributed by atoms with Crippen molar-refractivity contribution >= 4 is 45.9 Å². The Morgan fingerprint density at radius 2 is 1.76 bits per heavy atom. The third-order valence-corrected chi connectivity index (χ3v) is 5.03. The summed E-state index contributed by atoms with van der Waals surface area (Å²) in [5.41, 5.74) is 2.89. The minimum absolute atomic E-state index is 0.138. The number of fused-ring (bicyclic) bond motifs is 1. The van der Waals surface area contributed by atoms with Gasteiger partial charge in [-0.2, -0.15) is 23.3 Å². The second-order valence-corrected chi connectivity index (χ2v) is 7.58. The number of hydrogen-bond acceptors (Lipinski definition) is 7. The Morgan fingerprint density at radius 3 is 2.37 bits per heavy atom. The molecule has 0 unspecified atom stereocenters. The Balaban J connectivity index is 0.000000505. The first kappa shape index (κ1) is 27.8. The van der Waals surface area contributed by atoms with Gasteiger partial charge in [0.05, 0.1) is 23.6 Å². The quantitative estimate of drug-likeness (QED) is 0.249. The Bertz CT molecular complexity index is 1410. The molecular formula is C24H23F4N7O3. The lowest BCUT2D eigenvalue weighted by Gasteiger charge is -2.23. The van der Waals surface area contributed by atoms with E-state index in [0.717, 1.165) is 22.8 Å². The summed E-state index contributed by atoms with van der Waals surface area (Å²) in [6, 6.07) is 12.6. The number of rotatable bonds is 7. The van der Waals surface area contributed by atoms with Crippen LogP contribution in [-0.4, -0.2) is 56.4 Å². The van der Waals surface area contributed by atoms with E-state index in [9.17, 15) is 22.4 Å². The molecule has 0 fully saturated rings. The first-order valence-corrected chi connectivity index (χ1v) is 11.2. The molecule has 2 aromatic carbocycles. The van der Waals surface area contributed by atoms with Crippen LogP contribution in [0.3, 0.4) is 0 Å². The number of aliphatic carboxylic acids is 1. The molecule has 14 heteroatoms. The third kappa shape index (κ3) is 6.72. The number of carbonyl (C=O) groups excluding carboxylic acids is 1. The molecule has 4 rings (SSSR count). The van der Waals surface area contributed by atoms with Gasteiger partial charge in [0.25, 0.3) is 5.91 Å². The van der Waals surface area contributed by atoms with Gasteiger partial charge < -0.3 is 20.6 Å². The van der Waals surface area contributed by atoms with Gasteiger partial charge >= 0.3 is 12.1 Å². The average molecular weight is 533 g/mol. The summed E-state index contributed by atoms with van der Waals surface area (Å²) in [4.78, 5) is 31.0. The highest BCUT2D eigenvalue weighted by Gasteiger charge is 2.38. The van der Waals surface area contributed by atoms with Crippen LogP contribution in [0, 0.1) is 5.82 Å². The molecule has 10 nitrogen and oxygen atoms in total. The van der Waals surface area contributed by atoms with E-state index in [1.54, 1.807) is 35.4 Å². The summed E-state index contributed by atoms with van der Waals surface area (Å²) < 4.78 is 46.4. The Labute approximate surface area is 213 Å². The van der Waals surface area contributed by atoms with E-state index in [1.165, 1.54) is 0 Å². The smallest absolute Gasteiger partial charge is 0.475 e. The number of nitrogens with zero attached hydrogens (tertiary/aromatic N) is 4. The van der Waals surface area contributed by atoms with Crippen molar-refractivity contribution in [2.24, 2.45) is 0 Å². The van der Waals surface area contributed by atoms with Gasteiger partial charge in [-0.15, -0.1) is 0 Å². The van der Waals surface area contributed by atoms with E-state index >= 15 is 0 Å². The Morgan fingerprint density at radius 1 is 1.08 bits per heavy atom. The van der Waals surface area contributed by atoms with E-state index in [2.05, 4.69) is 30.8 Å². The number of benzene rings is 2. The standard InChI is InChI=1S/C22H22FN7O.C2HF3O2/c1-3-24-21(31)14-8-10-15(11-9-14)27-22-25-13-17(23)20(28-22)30(4-2)19-7-5-6-18-16(19)12-26-29-18;3-2(4,5)1(6)7/h5-13H,3-4H2,1-2H3,(H,24,31)(H,26,29)(H,25,27,28);(H,6,7). The fraction of sp³-hybridized carbons (Fsp3) is 0.208. The van der Waals surface area contributed by atoms with Crippen molar-refractivity contribution in [2.45, 2.75) is 20.0 Å². The zero-order valence-electron chi connectivity index (χ0n) is 20.2. The number of H-pyrrole nitrogens is 1. The molecular weight excluding hydrogens is 510 g/mol. The minimum Gasteiger partial charge on any atom is -0.475 e. The number of carboxylic acids is 1. The van der Waals surface area contributed by atoms with Gasteiger partial charge in [-0.3, -0.25) is 9.89 Å². The van der Waals surface area contributed by atoms with Crippen LogP contribution in [0.4, 0.5) is 40.7 Å². The van der Waals surface area contributed by atoms with Gasteiger partial charge in [0.1, 0.15) is 0 Å². The van der Waals surface area contributed by atoms with Gasteiger partial charge in [-0.05, 0) is 50.2 Å². The van der Waals surface area contributed by atoms with Gasteiger partial charge in [0, 0.05) is 29.7 Å². The van der Waals surface area contributed by atoms with Crippen molar-refractivity contribution in [2.75, 3.05) is 23.3 Å². The van der Waals surface area contributed by atoms with Crippen molar-refractivity contribution in [3.05, 3.63) is 66.2 Å². The van der Waals surface area contributed by atoms with Crippen molar-refractivity contribution < 1.29 is 32.3 Å². The van der Waals surface area contributed by atoms with Crippen LogP contribution in [0.15, 0.2) is 54.9 Å². The number of amides is 1. The van der Waals surface area contributed by atoms with Crippen molar-refractivity contribution in [3.8, 4) is 0 Å². The van der Waals surface area contributed by atoms with Crippen LogP contribution in [0.25, 0.3) is 10.9 Å². The second kappa shape index (κ2) is 12.0. The third-order valence-electron chi connectivity index (χ3n) is 5.03. The number of aromatic amines is 1. The van der Waals surface area contributed by atoms with Crippen molar-refractivity contribution in [1.82, 2.24) is 25.5 Å². The molecule has 4 N–H and O–H groups in total. The zero-order chi connectivity index (χ0) is 27.9. The SMILES string of the molecule is CCNC(=O)c1ccc(Nc2ncc(F)c(N(CC)c3cccc4[nH]ncc34)n2)cc1.O=C(O)C(F)(F)F. The summed E-state index contributed by atoms with van der Waals surface area (Å²) in [6.45, 7) is 4.85. The molecule has 1 amide bonds. The number of anilines is 4. The first-order valence-electron chi connectivity index (χ1n) is 11.2. The van der Waals surface area contributed by atoms with Crippen molar-refractivity contribution in [1.29, 1.82) is 0 Å². The highest BCUT2D eigenvalue weighted by molar-refractivity contribution is 5.94. The van der Waals surface area contributed by atoms with Crippen LogP contribution in [0.1, 0.15) is 24.2 Å². The highest BCUT2D eigenvalue weighted by atomic mass is 19.4. The summed E-state index contributed by atoms with van der Waals surface area (Å²) in [7, 11) is 0. The Hall–Kier alpha value is -4.75. The van der Waals surface area contributed by atoms with E-state index in [1.807, 2.05) is 32.0 Å². The largest absolute Gasteiger partial charge is 0.490 e. The molecule has 0 saturated carbocycles. The van der Waals surface area contributed by atoms with Gasteiger partial charge in [-0.25, -0.2) is 14.2 Å². The topological polar surface area (TPSA) is 136 Å². The lowest BCUT2D eigenvalue weighted by molar-refractivity contribution is -0.192. The molecule has 200 valence electrons. The predicted octanol–water partition coefficient (Wildman–Crippen LogP) is 4.78. The van der Waals surface area contributed by atoms with E-state index < -0.39 is 18.0 Å². The van der Waals surface area contributed by atoms with Crippen LogP contribution >= 0.6 is 0 Å². The Kier molecular flexibility index (Phi) is 8.78. The molecule has 0 aliphatic rings. The van der Waals surface area contributed by atoms with Crippen LogP contribution in [0.5, 0.6) is 0 Å². The monoisotopic (exact) mass is 533 g/mol. The molecule has 4 aromatic rings. The summed E-state index contributed by atoms with van der Waals surface area (Å²) in [5, 5.41) is 20.8. The van der Waals surface area contributed by atoms with Crippen LogP contribution < -0.4 is 15.5 Å². The fourth-order valence-corrected chi connectivity index (χ4v) is 3.33. The van der Waals surface area contributed by atoms with Crippen LogP contribution in [-0.2, 0) is 4.79 Å². The maximum Gasteiger partial charge on any atom is 0.490 e. The fourth-order valence-electron chi connectivity index (χ4n) is 3.33. The molecule has 0 bridgehead atoms. The predicted molar refractivity (Wildman–Crippen MR) is 132 cm³/mol. The number of carboxylic acid groups (broad SMARTS) is 1. The number of halogens is 4. The first-order chi connectivity index (χ1) is 18.0. The summed E-state index contributed by atoms with van der Waals surface area (Å²) in [6.07, 6.45) is -2.23. The summed E-state index contributed by atoms with van der Waals surface area (Å²) in [5.74, 6) is -3.01. The zero-order valence-corrected chi connectivity index (χ0v) is 20.2. The number of carbonyl (C=O) groups is 2. The highest BCUT2D eigenvalue weighted by Crippen LogP contribution is 2.32. The average Bonchev–Trinajstić information content (AvgIpc) is 3.36. The molecule has 2 heterocycles. The van der Waals surface area contributed by atoms with Crippen molar-refractivity contribution in [3.63, 3.8) is 0 Å². The van der Waals surface area contributed by atoms with E-state index in [-0.39, 0.29) is 17.7 Å². The molecule has 0 aliphatic carbocycles. The van der Waals surface area contributed by atoms with E-state index in [0.29, 0.717) is 24.3 Å². The molecule has 0 radical (unpaired) electrons. The molecule has 38 heavy (non-hydrogen) atoms. The van der Waals surface area contributed by atoms with Gasteiger partial charge in [0.2, 0.25) is 5.95 Å². The van der Waals surface area contributed by atoms with Gasteiger partial charge in [0.15, 0.2) is 11.6 Å². The number of aromatic nitrogens is 4. The van der Waals surface area contributed by atoms with Crippen LogP contribution in [0.2, 0.25) is 0 Å². The molecule has 2 aromatic heterocycles. The lowest BCUT2D eigenvalue weighted by atomic mass is 10.2. The maximum absolute atomic E-state index is 14.7. The lowest BCUT2D eigenvalue weighted by Crippen LogP contribution is -2.22. The summed E-state index contributed by atoms with van der Waals surface area (Å²) >= 11 is 0. The number of nitrogens with one attached hydrogen (secondary N) is 3. The number of hydrogen-bond donors (Lipinski definition) is 4. The molecule has 0 atom stereocenters. The molecule has 0 spiro atoms. The second-order valence-electron chi connectivity index (χ2n) is 7.58. The van der Waals surface area contributed by atoms with E-state index in [4.69, 9.17) is 9.90 Å². The minimum atomic E-state index is -5.08. The molecule has 0 saturated heterocycles. The molecule has 0 aliphatic heterocycles. The van der Waals surface area contributed by atoms with Gasteiger partial charge in [-0.1, -0.05) is 6.07 Å². The number of alkyl halides is 3. The maximum atomic E-state index is 14.7.